The van der Waals surface area contributed by atoms with Crippen LogP contribution >= 0.6 is 11.3 Å². The average Bonchev–Trinajstić information content (AvgIpc) is 3.89. The third-order valence-electron chi connectivity index (χ3n) is 12.2. The number of hydrogen-bond donors (Lipinski definition) is 0. The van der Waals surface area contributed by atoms with Crippen molar-refractivity contribution in [3.05, 3.63) is 231 Å². The number of aromatic nitrogens is 1. The predicted octanol–water partition coefficient (Wildman–Crippen LogP) is 16.8. The van der Waals surface area contributed by atoms with Crippen molar-refractivity contribution in [3.63, 3.8) is 0 Å². The molecule has 0 aliphatic carbocycles. The van der Waals surface area contributed by atoms with Crippen LogP contribution in [0.1, 0.15) is 0 Å². The van der Waals surface area contributed by atoms with E-state index in [0.29, 0.717) is 0 Å². The quantitative estimate of drug-likeness (QED) is 0.156. The average molecular weight is 795 g/mol. The van der Waals surface area contributed by atoms with Gasteiger partial charge in [0, 0.05) is 59.1 Å². The van der Waals surface area contributed by atoms with Crippen molar-refractivity contribution in [2.75, 3.05) is 4.90 Å². The number of benzene rings is 10. The molecule has 0 radical (unpaired) electrons. The molecule has 10 aromatic carbocycles. The van der Waals surface area contributed by atoms with Crippen LogP contribution in [0.2, 0.25) is 0 Å². The third kappa shape index (κ3) is 5.93. The Balaban J connectivity index is 1.04. The lowest BCUT2D eigenvalue weighted by Gasteiger charge is -2.26. The first kappa shape index (κ1) is 35.2. The summed E-state index contributed by atoms with van der Waals surface area (Å²) in [7, 11) is 0. The zero-order chi connectivity index (χ0) is 40.3. The zero-order valence-electron chi connectivity index (χ0n) is 33.2. The molecule has 0 spiro atoms. The molecule has 0 amide bonds. The zero-order valence-corrected chi connectivity index (χ0v) is 34.1. The minimum atomic E-state index is 1.11. The Morgan fingerprint density at radius 3 is 1.43 bits per heavy atom. The molecule has 0 saturated carbocycles. The van der Waals surface area contributed by atoms with Gasteiger partial charge in [-0.25, -0.2) is 0 Å². The number of nitrogens with zero attached hydrogens (tertiary/aromatic N) is 2. The van der Waals surface area contributed by atoms with Crippen LogP contribution in [0, 0.1) is 0 Å². The molecule has 0 N–H and O–H groups in total. The maximum Gasteiger partial charge on any atom is 0.0634 e. The first-order chi connectivity index (χ1) is 30.3. The summed E-state index contributed by atoms with van der Waals surface area (Å²) in [5.41, 5.74) is 14.2. The Bertz CT molecular complexity index is 3540. The molecule has 2 heterocycles. The molecule has 2 nitrogen and oxygen atoms in total. The SMILES string of the molecule is c1ccc(-c2ccc(N(c3ccccc3)c3ccc(-c4ccc5c(c4)c4c6sc7ccc(-c8ccccc8)cc7c6c6ccccc6c4n5-c4ccccc4)cc3)cc2)cc1. The number of rotatable bonds is 7. The highest BCUT2D eigenvalue weighted by Gasteiger charge is 2.23. The number of hydrogen-bond acceptors (Lipinski definition) is 2. The van der Waals surface area contributed by atoms with Crippen LogP contribution in [0.25, 0.3) is 91.8 Å². The van der Waals surface area contributed by atoms with Crippen molar-refractivity contribution in [1.29, 1.82) is 0 Å². The van der Waals surface area contributed by atoms with Gasteiger partial charge in [0.25, 0.3) is 0 Å². The molecule has 61 heavy (non-hydrogen) atoms. The highest BCUT2D eigenvalue weighted by Crippen LogP contribution is 2.49. The Hall–Kier alpha value is -7.72. The summed E-state index contributed by atoms with van der Waals surface area (Å²) in [4.78, 5) is 2.34. The van der Waals surface area contributed by atoms with E-state index < -0.39 is 0 Å². The Morgan fingerprint density at radius 2 is 0.787 bits per heavy atom. The van der Waals surface area contributed by atoms with E-state index in [1.165, 1.54) is 86.1 Å². The molecule has 0 aliphatic heterocycles. The summed E-state index contributed by atoms with van der Waals surface area (Å²) in [5, 5.41) is 7.76. The predicted molar refractivity (Wildman–Crippen MR) is 262 cm³/mol. The van der Waals surface area contributed by atoms with Gasteiger partial charge in [-0.3, -0.25) is 0 Å². The van der Waals surface area contributed by atoms with E-state index in [1.54, 1.807) is 0 Å². The van der Waals surface area contributed by atoms with Crippen LogP contribution in [-0.4, -0.2) is 4.57 Å². The fraction of sp³-hybridized carbons (Fsp3) is 0. The van der Waals surface area contributed by atoms with E-state index in [2.05, 4.69) is 240 Å². The van der Waals surface area contributed by atoms with Crippen LogP contribution in [0.4, 0.5) is 17.1 Å². The first-order valence-electron chi connectivity index (χ1n) is 20.8. The topological polar surface area (TPSA) is 8.17 Å². The molecule has 0 fully saturated rings. The van der Waals surface area contributed by atoms with E-state index in [-0.39, 0.29) is 0 Å². The molecule has 12 aromatic rings. The van der Waals surface area contributed by atoms with E-state index in [1.807, 2.05) is 11.3 Å². The van der Waals surface area contributed by atoms with Gasteiger partial charge in [-0.1, -0.05) is 158 Å². The van der Waals surface area contributed by atoms with E-state index in [0.717, 1.165) is 22.7 Å². The fourth-order valence-electron chi connectivity index (χ4n) is 9.32. The second-order valence-electron chi connectivity index (χ2n) is 15.7. The summed E-state index contributed by atoms with van der Waals surface area (Å²) in [5.74, 6) is 0. The largest absolute Gasteiger partial charge is 0.311 e. The monoisotopic (exact) mass is 794 g/mol. The highest BCUT2D eigenvalue weighted by molar-refractivity contribution is 7.27. The maximum atomic E-state index is 2.49. The first-order valence-corrected chi connectivity index (χ1v) is 21.7. The maximum absolute atomic E-state index is 2.49. The van der Waals surface area contributed by atoms with Crippen molar-refractivity contribution in [3.8, 4) is 39.1 Å². The van der Waals surface area contributed by atoms with Crippen molar-refractivity contribution in [2.24, 2.45) is 0 Å². The van der Waals surface area contributed by atoms with Crippen molar-refractivity contribution < 1.29 is 0 Å². The van der Waals surface area contributed by atoms with Gasteiger partial charge in [-0.15, -0.1) is 11.3 Å². The summed E-state index contributed by atoms with van der Waals surface area (Å²) in [6.45, 7) is 0. The number of para-hydroxylation sites is 2. The minimum absolute atomic E-state index is 1.11. The van der Waals surface area contributed by atoms with Crippen LogP contribution in [0.15, 0.2) is 231 Å². The summed E-state index contributed by atoms with van der Waals surface area (Å²) in [6.07, 6.45) is 0. The van der Waals surface area contributed by atoms with Gasteiger partial charge in [-0.2, -0.15) is 0 Å². The standard InChI is InChI=1S/C58H38N2S/c1-5-15-39(16-6-1)41-25-31-47(32-26-41)59(45-19-9-3-10-20-45)48-33-27-42(28-34-48)43-29-35-53-51(37-43)56-57(60(53)46-21-11-4-12-22-46)50-24-14-13-23-49(50)55-52-38-44(40-17-7-2-8-18-40)30-36-54(52)61-58(55)56/h1-38H. The number of anilines is 3. The molecule has 2 aromatic heterocycles. The lowest BCUT2D eigenvalue weighted by atomic mass is 9.97. The van der Waals surface area contributed by atoms with Gasteiger partial charge < -0.3 is 9.47 Å². The van der Waals surface area contributed by atoms with Crippen molar-refractivity contribution in [2.45, 2.75) is 0 Å². The lowest BCUT2D eigenvalue weighted by molar-refractivity contribution is 1.19. The molecule has 286 valence electrons. The molecule has 0 bridgehead atoms. The lowest BCUT2D eigenvalue weighted by Crippen LogP contribution is -2.09. The molecule has 0 atom stereocenters. The molecule has 0 saturated heterocycles. The summed E-state index contributed by atoms with van der Waals surface area (Å²) < 4.78 is 5.12. The second-order valence-corrected chi connectivity index (χ2v) is 16.7. The van der Waals surface area contributed by atoms with Crippen LogP contribution in [0.5, 0.6) is 0 Å². The third-order valence-corrected chi connectivity index (χ3v) is 13.3. The van der Waals surface area contributed by atoms with E-state index >= 15 is 0 Å². The second kappa shape index (κ2) is 14.5. The van der Waals surface area contributed by atoms with Crippen molar-refractivity contribution >= 4 is 81.1 Å². The normalized spacial score (nSPS) is 11.6. The Labute approximate surface area is 358 Å². The van der Waals surface area contributed by atoms with Crippen molar-refractivity contribution in [1.82, 2.24) is 4.57 Å². The van der Waals surface area contributed by atoms with Gasteiger partial charge in [0.2, 0.25) is 0 Å². The summed E-state index contributed by atoms with van der Waals surface area (Å²) >= 11 is 1.92. The van der Waals surface area contributed by atoms with Gasteiger partial charge in [-0.05, 0) is 112 Å². The van der Waals surface area contributed by atoms with E-state index in [9.17, 15) is 0 Å². The van der Waals surface area contributed by atoms with E-state index in [4.69, 9.17) is 0 Å². The molecular weight excluding hydrogens is 757 g/mol. The fourth-order valence-corrected chi connectivity index (χ4v) is 10.6. The van der Waals surface area contributed by atoms with Gasteiger partial charge in [0.1, 0.15) is 0 Å². The number of fused-ring (bicyclic) bond motifs is 10. The van der Waals surface area contributed by atoms with Crippen LogP contribution < -0.4 is 4.90 Å². The molecule has 12 rings (SSSR count). The van der Waals surface area contributed by atoms with Crippen LogP contribution in [0.3, 0.4) is 0 Å². The molecule has 0 aliphatic rings. The van der Waals surface area contributed by atoms with Crippen LogP contribution in [-0.2, 0) is 0 Å². The summed E-state index contributed by atoms with van der Waals surface area (Å²) in [6, 6.07) is 83.8. The van der Waals surface area contributed by atoms with Gasteiger partial charge in [0.05, 0.1) is 11.0 Å². The molecule has 3 heteroatoms. The molecule has 0 unspecified atom stereocenters. The minimum Gasteiger partial charge on any atom is -0.311 e. The highest BCUT2D eigenvalue weighted by atomic mass is 32.1. The Kier molecular flexibility index (Phi) is 8.39. The smallest absolute Gasteiger partial charge is 0.0634 e. The van der Waals surface area contributed by atoms with Gasteiger partial charge >= 0.3 is 0 Å². The van der Waals surface area contributed by atoms with Gasteiger partial charge in [0.15, 0.2) is 0 Å². The Morgan fingerprint density at radius 1 is 0.328 bits per heavy atom. The number of thiophene rings is 1. The molecular formula is C58H38N2S.